The van der Waals surface area contributed by atoms with Gasteiger partial charge in [-0.2, -0.15) is 13.2 Å². The van der Waals surface area contributed by atoms with Gasteiger partial charge in [-0.15, -0.1) is 0 Å². The molecule has 3 N–H and O–H groups in total. The predicted octanol–water partition coefficient (Wildman–Crippen LogP) is 2.38. The molecular formula is C11H10F3NO2. The van der Waals surface area contributed by atoms with E-state index in [9.17, 15) is 18.0 Å². The third kappa shape index (κ3) is 3.32. The molecule has 0 aromatic heterocycles. The van der Waals surface area contributed by atoms with Gasteiger partial charge < -0.3 is 10.8 Å². The van der Waals surface area contributed by atoms with Crippen LogP contribution in [-0.2, 0) is 6.18 Å². The summed E-state index contributed by atoms with van der Waals surface area (Å²) in [6.45, 7) is 0.196. The predicted molar refractivity (Wildman–Crippen MR) is 56.5 cm³/mol. The first kappa shape index (κ1) is 13.2. The topological polar surface area (TPSA) is 63.3 Å². The van der Waals surface area contributed by atoms with Crippen molar-refractivity contribution in [2.24, 2.45) is 5.73 Å². The second kappa shape index (κ2) is 5.01. The summed E-state index contributed by atoms with van der Waals surface area (Å²) < 4.78 is 37.8. The summed E-state index contributed by atoms with van der Waals surface area (Å²) in [5, 5.41) is 8.66. The Bertz CT molecular complexity index is 453. The van der Waals surface area contributed by atoms with E-state index in [2.05, 4.69) is 0 Å². The van der Waals surface area contributed by atoms with E-state index < -0.39 is 23.3 Å². The van der Waals surface area contributed by atoms with Gasteiger partial charge in [0.25, 0.3) is 0 Å². The van der Waals surface area contributed by atoms with Crippen molar-refractivity contribution in [3.05, 3.63) is 41.0 Å². The lowest BCUT2D eigenvalue weighted by atomic mass is 10.0. The summed E-state index contributed by atoms with van der Waals surface area (Å²) in [6, 6.07) is 3.02. The molecule has 0 aliphatic heterocycles. The van der Waals surface area contributed by atoms with Gasteiger partial charge in [0.2, 0.25) is 0 Å². The van der Waals surface area contributed by atoms with Crippen molar-refractivity contribution < 1.29 is 23.1 Å². The minimum absolute atomic E-state index is 0.196. The molecule has 0 saturated heterocycles. The Morgan fingerprint density at radius 3 is 2.53 bits per heavy atom. The molecule has 0 unspecified atom stereocenters. The standard InChI is InChI=1S/C11H10F3NO2/c12-11(13,14)9-6-7(2-1-5-15)3-4-8(9)10(16)17/h1-4,6H,5,15H2,(H,16,17). The largest absolute Gasteiger partial charge is 0.478 e. The van der Waals surface area contributed by atoms with Gasteiger partial charge in [0, 0.05) is 6.54 Å². The zero-order valence-electron chi connectivity index (χ0n) is 8.66. The molecule has 0 radical (unpaired) electrons. The maximum absolute atomic E-state index is 12.6. The highest BCUT2D eigenvalue weighted by Crippen LogP contribution is 2.33. The summed E-state index contributed by atoms with van der Waals surface area (Å²) in [5.41, 5.74) is 3.51. The molecule has 0 aliphatic rings. The molecule has 0 saturated carbocycles. The molecule has 0 amide bonds. The molecule has 92 valence electrons. The quantitative estimate of drug-likeness (QED) is 0.859. The molecule has 6 heteroatoms. The maximum Gasteiger partial charge on any atom is 0.417 e. The molecule has 0 atom stereocenters. The molecule has 1 rings (SSSR count). The van der Waals surface area contributed by atoms with E-state index in [1.54, 1.807) is 0 Å². The van der Waals surface area contributed by atoms with Crippen molar-refractivity contribution in [3.8, 4) is 0 Å². The summed E-state index contributed by atoms with van der Waals surface area (Å²) in [5.74, 6) is -1.60. The van der Waals surface area contributed by atoms with E-state index in [1.165, 1.54) is 18.2 Å². The Morgan fingerprint density at radius 1 is 1.41 bits per heavy atom. The number of rotatable bonds is 3. The van der Waals surface area contributed by atoms with E-state index in [1.807, 2.05) is 0 Å². The molecule has 1 aromatic carbocycles. The molecule has 0 bridgehead atoms. The minimum atomic E-state index is -4.69. The normalized spacial score (nSPS) is 12.0. The second-order valence-electron chi connectivity index (χ2n) is 3.25. The minimum Gasteiger partial charge on any atom is -0.478 e. The summed E-state index contributed by atoms with van der Waals surface area (Å²) in [4.78, 5) is 10.7. The van der Waals surface area contributed by atoms with Crippen molar-refractivity contribution in [1.29, 1.82) is 0 Å². The van der Waals surface area contributed by atoms with E-state index in [0.717, 1.165) is 12.1 Å². The number of hydrogen-bond donors (Lipinski definition) is 2. The van der Waals surface area contributed by atoms with E-state index in [4.69, 9.17) is 10.8 Å². The van der Waals surface area contributed by atoms with E-state index in [-0.39, 0.29) is 12.1 Å². The van der Waals surface area contributed by atoms with Gasteiger partial charge in [-0.1, -0.05) is 18.2 Å². The van der Waals surface area contributed by atoms with Crippen LogP contribution in [0.1, 0.15) is 21.5 Å². The van der Waals surface area contributed by atoms with Crippen LogP contribution in [0.4, 0.5) is 13.2 Å². The van der Waals surface area contributed by atoms with E-state index in [0.29, 0.717) is 0 Å². The number of hydrogen-bond acceptors (Lipinski definition) is 2. The second-order valence-corrected chi connectivity index (χ2v) is 3.25. The average molecular weight is 245 g/mol. The zero-order valence-corrected chi connectivity index (χ0v) is 8.66. The van der Waals surface area contributed by atoms with Crippen molar-refractivity contribution in [3.63, 3.8) is 0 Å². The molecule has 17 heavy (non-hydrogen) atoms. The number of alkyl halides is 3. The highest BCUT2D eigenvalue weighted by atomic mass is 19.4. The first-order valence-electron chi connectivity index (χ1n) is 4.67. The van der Waals surface area contributed by atoms with Crippen LogP contribution >= 0.6 is 0 Å². The summed E-state index contributed by atoms with van der Waals surface area (Å²) in [7, 11) is 0. The van der Waals surface area contributed by atoms with Crippen LogP contribution in [0.5, 0.6) is 0 Å². The van der Waals surface area contributed by atoms with Gasteiger partial charge in [-0.25, -0.2) is 4.79 Å². The van der Waals surface area contributed by atoms with E-state index >= 15 is 0 Å². The van der Waals surface area contributed by atoms with Crippen LogP contribution in [0, 0.1) is 0 Å². The fraction of sp³-hybridized carbons (Fsp3) is 0.182. The number of carbonyl (C=O) groups is 1. The number of carboxylic acids is 1. The first-order chi connectivity index (χ1) is 7.86. The summed E-state index contributed by atoms with van der Waals surface area (Å²) in [6.07, 6.45) is -1.81. The van der Waals surface area contributed by atoms with Crippen LogP contribution in [0.15, 0.2) is 24.3 Å². The maximum atomic E-state index is 12.6. The van der Waals surface area contributed by atoms with Crippen molar-refractivity contribution in [2.75, 3.05) is 6.54 Å². The molecule has 0 fully saturated rings. The molecule has 0 spiro atoms. The Hall–Kier alpha value is -1.82. The fourth-order valence-electron chi connectivity index (χ4n) is 1.29. The monoisotopic (exact) mass is 245 g/mol. The van der Waals surface area contributed by atoms with Gasteiger partial charge in [0.1, 0.15) is 0 Å². The van der Waals surface area contributed by atoms with Gasteiger partial charge in [-0.3, -0.25) is 0 Å². The zero-order chi connectivity index (χ0) is 13.1. The number of carboxylic acid groups (broad SMARTS) is 1. The number of halogens is 3. The molecule has 1 aromatic rings. The first-order valence-corrected chi connectivity index (χ1v) is 4.67. The molecular weight excluding hydrogens is 235 g/mol. The number of aromatic carboxylic acids is 1. The highest BCUT2D eigenvalue weighted by Gasteiger charge is 2.35. The Labute approximate surface area is 95.4 Å². The van der Waals surface area contributed by atoms with Crippen LogP contribution in [-0.4, -0.2) is 17.6 Å². The Balaban J connectivity index is 3.29. The lowest BCUT2D eigenvalue weighted by Gasteiger charge is -2.10. The average Bonchev–Trinajstić information content (AvgIpc) is 2.24. The van der Waals surface area contributed by atoms with Crippen LogP contribution < -0.4 is 5.73 Å². The van der Waals surface area contributed by atoms with Crippen molar-refractivity contribution in [1.82, 2.24) is 0 Å². The van der Waals surface area contributed by atoms with Crippen LogP contribution in [0.2, 0.25) is 0 Å². The summed E-state index contributed by atoms with van der Waals surface area (Å²) >= 11 is 0. The highest BCUT2D eigenvalue weighted by molar-refractivity contribution is 5.90. The lowest BCUT2D eigenvalue weighted by Crippen LogP contribution is -2.13. The SMILES string of the molecule is NCC=Cc1ccc(C(=O)O)c(C(F)(F)F)c1. The fourth-order valence-corrected chi connectivity index (χ4v) is 1.29. The van der Waals surface area contributed by atoms with Gasteiger partial charge in [0.15, 0.2) is 0 Å². The lowest BCUT2D eigenvalue weighted by molar-refractivity contribution is -0.138. The Morgan fingerprint density at radius 2 is 2.06 bits per heavy atom. The van der Waals surface area contributed by atoms with Gasteiger partial charge in [0.05, 0.1) is 11.1 Å². The molecule has 3 nitrogen and oxygen atoms in total. The third-order valence-corrected chi connectivity index (χ3v) is 2.03. The smallest absolute Gasteiger partial charge is 0.417 e. The van der Waals surface area contributed by atoms with Crippen LogP contribution in [0.25, 0.3) is 6.08 Å². The third-order valence-electron chi connectivity index (χ3n) is 2.03. The van der Waals surface area contributed by atoms with Crippen molar-refractivity contribution >= 4 is 12.0 Å². The number of benzene rings is 1. The molecule has 0 heterocycles. The molecule has 0 aliphatic carbocycles. The van der Waals surface area contributed by atoms with Gasteiger partial charge >= 0.3 is 12.1 Å². The van der Waals surface area contributed by atoms with Crippen molar-refractivity contribution in [2.45, 2.75) is 6.18 Å². The Kier molecular flexibility index (Phi) is 3.90. The van der Waals surface area contributed by atoms with Gasteiger partial charge in [-0.05, 0) is 17.7 Å². The number of nitrogens with two attached hydrogens (primary N) is 1. The van der Waals surface area contributed by atoms with Crippen LogP contribution in [0.3, 0.4) is 0 Å².